The monoisotopic (exact) mass is 330 g/mol. The van der Waals surface area contributed by atoms with Gasteiger partial charge in [-0.15, -0.1) is 0 Å². The molecule has 22 heavy (non-hydrogen) atoms. The van der Waals surface area contributed by atoms with Gasteiger partial charge in [-0.2, -0.15) is 0 Å². The average Bonchev–Trinajstić information content (AvgIpc) is 2.47. The second-order valence-corrected chi connectivity index (χ2v) is 5.44. The molecule has 2 aromatic carbocycles. The number of nitrogens with zero attached hydrogens (tertiary/aromatic N) is 2. The van der Waals surface area contributed by atoms with Crippen LogP contribution < -0.4 is 10.6 Å². The van der Waals surface area contributed by atoms with Gasteiger partial charge in [-0.05, 0) is 30.3 Å². The minimum Gasteiger partial charge on any atom is -0.340 e. The van der Waals surface area contributed by atoms with Gasteiger partial charge in [-0.3, -0.25) is 0 Å². The summed E-state index contributed by atoms with van der Waals surface area (Å²) < 4.78 is 0. The largest absolute Gasteiger partial charge is 0.340 e. The van der Waals surface area contributed by atoms with E-state index in [-0.39, 0.29) is 0 Å². The van der Waals surface area contributed by atoms with Crippen LogP contribution >= 0.6 is 23.2 Å². The summed E-state index contributed by atoms with van der Waals surface area (Å²) in [6.07, 6.45) is 1.49. The highest BCUT2D eigenvalue weighted by molar-refractivity contribution is 6.35. The van der Waals surface area contributed by atoms with E-state index < -0.39 is 0 Å². The van der Waals surface area contributed by atoms with E-state index in [2.05, 4.69) is 20.6 Å². The number of nitrogens with one attached hydrogen (secondary N) is 2. The van der Waals surface area contributed by atoms with Crippen LogP contribution in [-0.2, 0) is 0 Å². The van der Waals surface area contributed by atoms with Gasteiger partial charge in [0.05, 0.1) is 0 Å². The molecule has 0 spiro atoms. The number of anilines is 4. The molecule has 0 unspecified atom stereocenters. The van der Waals surface area contributed by atoms with E-state index in [0.717, 1.165) is 11.4 Å². The second kappa shape index (κ2) is 6.64. The number of para-hydroxylation sites is 1. The van der Waals surface area contributed by atoms with Gasteiger partial charge in [0, 0.05) is 27.5 Å². The van der Waals surface area contributed by atoms with Crippen LogP contribution in [0, 0.1) is 0 Å². The quantitative estimate of drug-likeness (QED) is 0.684. The van der Waals surface area contributed by atoms with E-state index in [1.54, 1.807) is 18.2 Å². The molecule has 0 saturated heterocycles. The van der Waals surface area contributed by atoms with E-state index in [4.69, 9.17) is 23.2 Å². The molecule has 3 rings (SSSR count). The molecule has 0 aliphatic carbocycles. The van der Waals surface area contributed by atoms with E-state index in [1.165, 1.54) is 6.33 Å². The van der Waals surface area contributed by atoms with Gasteiger partial charge in [0.15, 0.2) is 0 Å². The summed E-state index contributed by atoms with van der Waals surface area (Å²) in [7, 11) is 0. The molecule has 110 valence electrons. The molecule has 4 nitrogen and oxygen atoms in total. The summed E-state index contributed by atoms with van der Waals surface area (Å²) in [5.74, 6) is 1.34. The first-order chi connectivity index (χ1) is 10.7. The zero-order chi connectivity index (χ0) is 15.4. The van der Waals surface area contributed by atoms with E-state index >= 15 is 0 Å². The summed E-state index contributed by atoms with van der Waals surface area (Å²) >= 11 is 12.0. The summed E-state index contributed by atoms with van der Waals surface area (Å²) in [4.78, 5) is 8.38. The predicted octanol–water partition coefficient (Wildman–Crippen LogP) is 5.27. The lowest BCUT2D eigenvalue weighted by Crippen LogP contribution is -1.98. The first kappa shape index (κ1) is 14.6. The Morgan fingerprint density at radius 2 is 1.27 bits per heavy atom. The van der Waals surface area contributed by atoms with Crippen molar-refractivity contribution in [3.63, 3.8) is 0 Å². The predicted molar refractivity (Wildman–Crippen MR) is 91.5 cm³/mol. The Hall–Kier alpha value is -2.30. The molecule has 0 fully saturated rings. The highest BCUT2D eigenvalue weighted by Gasteiger charge is 2.02. The number of aromatic nitrogens is 2. The summed E-state index contributed by atoms with van der Waals surface area (Å²) in [6, 6.07) is 16.8. The van der Waals surface area contributed by atoms with Gasteiger partial charge in [0.2, 0.25) is 0 Å². The van der Waals surface area contributed by atoms with E-state index in [9.17, 15) is 0 Å². The lowest BCUT2D eigenvalue weighted by Gasteiger charge is -2.09. The molecule has 0 aliphatic heterocycles. The summed E-state index contributed by atoms with van der Waals surface area (Å²) in [6.45, 7) is 0. The lowest BCUT2D eigenvalue weighted by atomic mass is 10.3. The van der Waals surface area contributed by atoms with E-state index in [0.29, 0.717) is 21.7 Å². The molecule has 2 N–H and O–H groups in total. The van der Waals surface area contributed by atoms with Crippen molar-refractivity contribution >= 4 is 46.2 Å². The second-order valence-electron chi connectivity index (χ2n) is 4.56. The molecule has 1 aromatic heterocycles. The fraction of sp³-hybridized carbons (Fsp3) is 0. The molecular formula is C16H12Cl2N4. The zero-order valence-electron chi connectivity index (χ0n) is 11.4. The molecule has 3 aromatic rings. The topological polar surface area (TPSA) is 49.8 Å². The molecule has 6 heteroatoms. The van der Waals surface area contributed by atoms with Crippen molar-refractivity contribution in [3.8, 4) is 0 Å². The van der Waals surface area contributed by atoms with Crippen LogP contribution in [0.2, 0.25) is 10.0 Å². The Morgan fingerprint density at radius 1 is 0.682 bits per heavy atom. The molecule has 0 bridgehead atoms. The third-order valence-corrected chi connectivity index (χ3v) is 3.28. The van der Waals surface area contributed by atoms with Crippen molar-refractivity contribution in [2.45, 2.75) is 0 Å². The van der Waals surface area contributed by atoms with Crippen LogP contribution in [0.3, 0.4) is 0 Å². The van der Waals surface area contributed by atoms with Gasteiger partial charge in [-0.25, -0.2) is 9.97 Å². The summed E-state index contributed by atoms with van der Waals surface area (Å²) in [5, 5.41) is 7.48. The Morgan fingerprint density at radius 3 is 1.91 bits per heavy atom. The smallest absolute Gasteiger partial charge is 0.135 e. The number of benzene rings is 2. The Kier molecular flexibility index (Phi) is 4.42. The highest BCUT2D eigenvalue weighted by atomic mass is 35.5. The molecule has 0 atom stereocenters. The molecule has 0 saturated carbocycles. The molecule has 0 radical (unpaired) electrons. The van der Waals surface area contributed by atoms with E-state index in [1.807, 2.05) is 36.4 Å². The first-order valence-electron chi connectivity index (χ1n) is 6.56. The minimum absolute atomic E-state index is 0.562. The molecule has 0 amide bonds. The average molecular weight is 331 g/mol. The maximum Gasteiger partial charge on any atom is 0.135 e. The first-order valence-corrected chi connectivity index (χ1v) is 7.32. The summed E-state index contributed by atoms with van der Waals surface area (Å²) in [5.41, 5.74) is 1.72. The van der Waals surface area contributed by atoms with Gasteiger partial charge in [0.25, 0.3) is 0 Å². The van der Waals surface area contributed by atoms with Crippen LogP contribution in [-0.4, -0.2) is 9.97 Å². The van der Waals surface area contributed by atoms with Crippen LogP contribution in [0.4, 0.5) is 23.0 Å². The number of rotatable bonds is 4. The SMILES string of the molecule is Clc1cc(Cl)cc(Nc2cc(Nc3ccccc3)ncn2)c1. The van der Waals surface area contributed by atoms with Crippen LogP contribution in [0.5, 0.6) is 0 Å². The van der Waals surface area contributed by atoms with Crippen molar-refractivity contribution in [2.24, 2.45) is 0 Å². The van der Waals surface area contributed by atoms with Crippen molar-refractivity contribution < 1.29 is 0 Å². The van der Waals surface area contributed by atoms with Crippen LogP contribution in [0.15, 0.2) is 60.9 Å². The third-order valence-electron chi connectivity index (χ3n) is 2.85. The standard InChI is InChI=1S/C16H12Cl2N4/c17-11-6-12(18)8-14(7-11)22-16-9-15(19-10-20-16)21-13-4-2-1-3-5-13/h1-10H,(H2,19,20,21,22). The highest BCUT2D eigenvalue weighted by Crippen LogP contribution is 2.25. The van der Waals surface area contributed by atoms with Gasteiger partial charge < -0.3 is 10.6 Å². The van der Waals surface area contributed by atoms with Crippen molar-refractivity contribution in [3.05, 3.63) is 71.0 Å². The van der Waals surface area contributed by atoms with Gasteiger partial charge >= 0.3 is 0 Å². The van der Waals surface area contributed by atoms with Gasteiger partial charge in [0.1, 0.15) is 18.0 Å². The Labute approximate surface area is 138 Å². The minimum atomic E-state index is 0.562. The van der Waals surface area contributed by atoms with Gasteiger partial charge in [-0.1, -0.05) is 41.4 Å². The molecule has 1 heterocycles. The zero-order valence-corrected chi connectivity index (χ0v) is 12.9. The van der Waals surface area contributed by atoms with Crippen LogP contribution in [0.25, 0.3) is 0 Å². The maximum absolute atomic E-state index is 5.99. The fourth-order valence-electron chi connectivity index (χ4n) is 1.94. The van der Waals surface area contributed by atoms with Crippen molar-refractivity contribution in [2.75, 3.05) is 10.6 Å². The fourth-order valence-corrected chi connectivity index (χ4v) is 2.46. The third kappa shape index (κ3) is 3.87. The lowest BCUT2D eigenvalue weighted by molar-refractivity contribution is 1.17. The van der Waals surface area contributed by atoms with Crippen LogP contribution in [0.1, 0.15) is 0 Å². The number of halogens is 2. The van der Waals surface area contributed by atoms with Crippen molar-refractivity contribution in [1.29, 1.82) is 0 Å². The Bertz CT molecular complexity index is 758. The van der Waals surface area contributed by atoms with Crippen molar-refractivity contribution in [1.82, 2.24) is 9.97 Å². The Balaban J connectivity index is 1.79. The number of hydrogen-bond donors (Lipinski definition) is 2. The molecule has 0 aliphatic rings. The number of hydrogen-bond acceptors (Lipinski definition) is 4. The molecular weight excluding hydrogens is 319 g/mol. The normalized spacial score (nSPS) is 10.3. The maximum atomic E-state index is 5.99.